The van der Waals surface area contributed by atoms with Crippen LogP contribution in [0.4, 0.5) is 0 Å². The Morgan fingerprint density at radius 2 is 0.538 bits per heavy atom. The minimum absolute atomic E-state index is 0.0636. The highest BCUT2D eigenvalue weighted by Gasteiger charge is 2.19. The zero-order valence-electron chi connectivity index (χ0n) is 44.8. The number of carbonyl (C=O) groups excluding carboxylic acids is 3. The summed E-state index contributed by atoms with van der Waals surface area (Å²) in [6, 6.07) is 0. The third-order valence-corrected chi connectivity index (χ3v) is 13.8. The molecule has 0 aliphatic rings. The molecule has 0 aliphatic carbocycles. The van der Waals surface area contributed by atoms with Crippen LogP contribution in [0.15, 0.2) is 0 Å². The topological polar surface area (TPSA) is 78.9 Å². The van der Waals surface area contributed by atoms with Gasteiger partial charge in [0.15, 0.2) is 6.10 Å². The highest BCUT2D eigenvalue weighted by atomic mass is 16.6. The summed E-state index contributed by atoms with van der Waals surface area (Å²) in [5.41, 5.74) is 0. The lowest BCUT2D eigenvalue weighted by atomic mass is 9.99. The minimum Gasteiger partial charge on any atom is -0.462 e. The Morgan fingerprint density at radius 3 is 0.800 bits per heavy atom. The lowest BCUT2D eigenvalue weighted by Gasteiger charge is -2.18. The highest BCUT2D eigenvalue weighted by Crippen LogP contribution is 2.19. The molecule has 0 fully saturated rings. The summed E-state index contributed by atoms with van der Waals surface area (Å²) in [5.74, 6) is 1.70. The van der Waals surface area contributed by atoms with Crippen molar-refractivity contribution in [2.24, 2.45) is 17.8 Å². The molecule has 6 nitrogen and oxygen atoms in total. The zero-order chi connectivity index (χ0) is 47.7. The van der Waals surface area contributed by atoms with Crippen LogP contribution in [0, 0.1) is 17.8 Å². The van der Waals surface area contributed by atoms with Gasteiger partial charge in [0, 0.05) is 19.3 Å². The van der Waals surface area contributed by atoms with E-state index in [0.29, 0.717) is 19.3 Å². The van der Waals surface area contributed by atoms with Gasteiger partial charge in [0.1, 0.15) is 13.2 Å². The van der Waals surface area contributed by atoms with Crippen LogP contribution in [0.5, 0.6) is 0 Å². The molecule has 6 heteroatoms. The molecule has 2 atom stereocenters. The zero-order valence-corrected chi connectivity index (χ0v) is 44.8. The number of hydrogen-bond acceptors (Lipinski definition) is 6. The van der Waals surface area contributed by atoms with Crippen molar-refractivity contribution in [2.45, 2.75) is 330 Å². The Morgan fingerprint density at radius 1 is 0.308 bits per heavy atom. The van der Waals surface area contributed by atoms with Crippen molar-refractivity contribution in [1.82, 2.24) is 0 Å². The standard InChI is InChI=1S/C59H114O6/c1-7-55(6)47-41-35-29-23-19-20-26-32-38-44-50-59(62)65-56(52-64-58(61)49-43-37-31-25-18-14-16-22-28-34-40-46-54(4)5)51-63-57(60)48-42-36-30-24-17-13-11-9-8-10-12-15-21-27-33-39-45-53(2)3/h53-56H,7-52H2,1-6H3/t55?,56-/m0/s1. The number of ether oxygens (including phenoxy) is 3. The first kappa shape index (κ1) is 63.4. The smallest absolute Gasteiger partial charge is 0.306 e. The molecule has 0 rings (SSSR count). The summed E-state index contributed by atoms with van der Waals surface area (Å²) in [5, 5.41) is 0. The SMILES string of the molecule is CCC(C)CCCCCCCCCCCCC(=O)O[C@@H](COC(=O)CCCCCCCCCCCCCCCCCCC(C)C)COC(=O)CCCCCCCCCCCCCC(C)C. The largest absolute Gasteiger partial charge is 0.462 e. The Bertz CT molecular complexity index is 1010. The van der Waals surface area contributed by atoms with Gasteiger partial charge in [-0.2, -0.15) is 0 Å². The van der Waals surface area contributed by atoms with Gasteiger partial charge in [0.25, 0.3) is 0 Å². The first-order valence-corrected chi connectivity index (χ1v) is 29.1. The third-order valence-electron chi connectivity index (χ3n) is 13.8. The second-order valence-electron chi connectivity index (χ2n) is 21.5. The molecule has 0 aromatic rings. The Kier molecular flexibility index (Phi) is 49.1. The quantitative estimate of drug-likeness (QED) is 0.0344. The fourth-order valence-electron chi connectivity index (χ4n) is 8.97. The number of carbonyl (C=O) groups is 3. The number of esters is 3. The van der Waals surface area contributed by atoms with Gasteiger partial charge in [-0.1, -0.05) is 286 Å². The van der Waals surface area contributed by atoms with Crippen molar-refractivity contribution in [3.8, 4) is 0 Å². The van der Waals surface area contributed by atoms with E-state index in [0.717, 1.165) is 75.5 Å². The van der Waals surface area contributed by atoms with E-state index < -0.39 is 6.10 Å². The second-order valence-corrected chi connectivity index (χ2v) is 21.5. The summed E-state index contributed by atoms with van der Waals surface area (Å²) in [6.07, 6.45) is 52.3. The van der Waals surface area contributed by atoms with Gasteiger partial charge in [-0.05, 0) is 37.0 Å². The number of rotatable bonds is 52. The van der Waals surface area contributed by atoms with E-state index >= 15 is 0 Å². The molecule has 386 valence electrons. The van der Waals surface area contributed by atoms with Crippen LogP contribution in [0.25, 0.3) is 0 Å². The molecular formula is C59H114O6. The van der Waals surface area contributed by atoms with E-state index in [9.17, 15) is 14.4 Å². The van der Waals surface area contributed by atoms with E-state index in [1.54, 1.807) is 0 Å². The van der Waals surface area contributed by atoms with Crippen molar-refractivity contribution in [3.63, 3.8) is 0 Å². The van der Waals surface area contributed by atoms with E-state index in [2.05, 4.69) is 41.5 Å². The molecule has 0 aromatic heterocycles. The van der Waals surface area contributed by atoms with Crippen molar-refractivity contribution >= 4 is 17.9 Å². The van der Waals surface area contributed by atoms with Crippen LogP contribution >= 0.6 is 0 Å². The molecule has 0 aliphatic heterocycles. The lowest BCUT2D eigenvalue weighted by Crippen LogP contribution is -2.30. The monoisotopic (exact) mass is 919 g/mol. The molecule has 0 N–H and O–H groups in total. The molecule has 0 saturated carbocycles. The lowest BCUT2D eigenvalue weighted by molar-refractivity contribution is -0.167. The fourth-order valence-corrected chi connectivity index (χ4v) is 8.97. The molecule has 0 saturated heterocycles. The maximum Gasteiger partial charge on any atom is 0.306 e. The van der Waals surface area contributed by atoms with Crippen LogP contribution in [-0.4, -0.2) is 37.2 Å². The normalized spacial score (nSPS) is 12.6. The van der Waals surface area contributed by atoms with E-state index in [-0.39, 0.29) is 31.1 Å². The van der Waals surface area contributed by atoms with Crippen LogP contribution in [0.1, 0.15) is 324 Å². The predicted octanol–water partition coefficient (Wildman–Crippen LogP) is 19.1. The summed E-state index contributed by atoms with van der Waals surface area (Å²) in [4.78, 5) is 38.1. The number of hydrogen-bond donors (Lipinski definition) is 0. The van der Waals surface area contributed by atoms with Crippen LogP contribution < -0.4 is 0 Å². The second kappa shape index (κ2) is 50.3. The summed E-state index contributed by atoms with van der Waals surface area (Å²) >= 11 is 0. The number of unbranched alkanes of at least 4 members (excludes halogenated alkanes) is 34. The Labute approximate surface area is 406 Å². The van der Waals surface area contributed by atoms with E-state index in [1.165, 1.54) is 205 Å². The fraction of sp³-hybridized carbons (Fsp3) is 0.949. The van der Waals surface area contributed by atoms with Crippen LogP contribution in [0.3, 0.4) is 0 Å². The van der Waals surface area contributed by atoms with Crippen LogP contribution in [-0.2, 0) is 28.6 Å². The first-order valence-electron chi connectivity index (χ1n) is 29.1. The van der Waals surface area contributed by atoms with Gasteiger partial charge < -0.3 is 14.2 Å². The molecule has 65 heavy (non-hydrogen) atoms. The molecule has 0 spiro atoms. The first-order chi connectivity index (χ1) is 31.6. The van der Waals surface area contributed by atoms with Crippen LogP contribution in [0.2, 0.25) is 0 Å². The van der Waals surface area contributed by atoms with E-state index in [4.69, 9.17) is 14.2 Å². The maximum atomic E-state index is 12.8. The van der Waals surface area contributed by atoms with Crippen molar-refractivity contribution in [1.29, 1.82) is 0 Å². The Hall–Kier alpha value is -1.59. The van der Waals surface area contributed by atoms with Gasteiger partial charge in [0.05, 0.1) is 0 Å². The van der Waals surface area contributed by atoms with Gasteiger partial charge in [0.2, 0.25) is 0 Å². The summed E-state index contributed by atoms with van der Waals surface area (Å²) < 4.78 is 16.9. The molecule has 0 bridgehead atoms. The predicted molar refractivity (Wildman–Crippen MR) is 279 cm³/mol. The molecule has 0 amide bonds. The minimum atomic E-state index is -0.764. The average Bonchev–Trinajstić information content (AvgIpc) is 3.28. The molecule has 0 radical (unpaired) electrons. The highest BCUT2D eigenvalue weighted by molar-refractivity contribution is 5.71. The van der Waals surface area contributed by atoms with Gasteiger partial charge in [-0.25, -0.2) is 0 Å². The molecule has 0 heterocycles. The van der Waals surface area contributed by atoms with E-state index in [1.807, 2.05) is 0 Å². The summed E-state index contributed by atoms with van der Waals surface area (Å²) in [6.45, 7) is 13.8. The van der Waals surface area contributed by atoms with Crippen molar-refractivity contribution in [3.05, 3.63) is 0 Å². The Balaban J connectivity index is 4.29. The molecular weight excluding hydrogens is 805 g/mol. The van der Waals surface area contributed by atoms with Gasteiger partial charge in [-0.15, -0.1) is 0 Å². The molecule has 0 aromatic carbocycles. The average molecular weight is 920 g/mol. The third kappa shape index (κ3) is 51.6. The van der Waals surface area contributed by atoms with Gasteiger partial charge >= 0.3 is 17.9 Å². The van der Waals surface area contributed by atoms with Gasteiger partial charge in [-0.3, -0.25) is 14.4 Å². The summed E-state index contributed by atoms with van der Waals surface area (Å²) in [7, 11) is 0. The molecule has 1 unspecified atom stereocenters. The van der Waals surface area contributed by atoms with Crippen molar-refractivity contribution < 1.29 is 28.6 Å². The van der Waals surface area contributed by atoms with Crippen molar-refractivity contribution in [2.75, 3.05) is 13.2 Å². The maximum absolute atomic E-state index is 12.8.